The lowest BCUT2D eigenvalue weighted by molar-refractivity contribution is 0.770. The molecule has 2 aliphatic rings. The van der Waals surface area contributed by atoms with Gasteiger partial charge in [0.05, 0.1) is 8.07 Å². The second-order valence-corrected chi connectivity index (χ2v) is 13.8. The van der Waals surface area contributed by atoms with Crippen LogP contribution in [0.15, 0.2) is 72.3 Å². The molecule has 0 N–H and O–H groups in total. The number of allylic oxidation sites excluding steroid dienone is 1. The maximum Gasteiger partial charge on any atom is 0.0927 e. The Bertz CT molecular complexity index is 1100. The first-order valence-electron chi connectivity index (χ1n) is 11.1. The van der Waals surface area contributed by atoms with Crippen LogP contribution < -0.4 is 5.19 Å². The molecule has 0 bridgehead atoms. The molecule has 3 aromatic rings. The molecular formula is C28H30Si. The zero-order valence-corrected chi connectivity index (χ0v) is 18.8. The zero-order valence-electron chi connectivity index (χ0n) is 17.8. The van der Waals surface area contributed by atoms with Crippen LogP contribution in [-0.4, -0.2) is 8.07 Å². The third-order valence-corrected chi connectivity index (χ3v) is 11.1. The van der Waals surface area contributed by atoms with Crippen LogP contribution in [0.2, 0.25) is 13.1 Å². The van der Waals surface area contributed by atoms with Crippen LogP contribution in [0, 0.1) is 0 Å². The standard InChI is InChI=1S/C28H30Si/c1-4-5-11-22-18-20-12-7-9-15-24(20)28(22)29(2,3)27-17-10-16-25-23-14-8-6-13-21(23)19-26(25)27/h6-10,12-18,28H,4-5,11,19H2,1-3H3. The van der Waals surface area contributed by atoms with Crippen LogP contribution in [-0.2, 0) is 6.42 Å². The van der Waals surface area contributed by atoms with Crippen molar-refractivity contribution >= 4 is 19.3 Å². The summed E-state index contributed by atoms with van der Waals surface area (Å²) in [5, 5.41) is 1.66. The Hall–Kier alpha value is -2.38. The van der Waals surface area contributed by atoms with Gasteiger partial charge in [-0.15, -0.1) is 0 Å². The van der Waals surface area contributed by atoms with Gasteiger partial charge in [0.25, 0.3) is 0 Å². The van der Waals surface area contributed by atoms with Crippen LogP contribution in [0.5, 0.6) is 0 Å². The molecule has 0 nitrogen and oxygen atoms in total. The third-order valence-electron chi connectivity index (χ3n) is 7.10. The molecular weight excluding hydrogens is 364 g/mol. The van der Waals surface area contributed by atoms with Gasteiger partial charge in [0, 0.05) is 5.54 Å². The van der Waals surface area contributed by atoms with Crippen LogP contribution in [0.25, 0.3) is 17.2 Å². The van der Waals surface area contributed by atoms with Gasteiger partial charge in [-0.05, 0) is 52.6 Å². The summed E-state index contributed by atoms with van der Waals surface area (Å²) in [6, 6.07) is 25.2. The first-order chi connectivity index (χ1) is 14.1. The van der Waals surface area contributed by atoms with Crippen LogP contribution >= 0.6 is 0 Å². The quantitative estimate of drug-likeness (QED) is 0.317. The van der Waals surface area contributed by atoms with E-state index in [-0.39, 0.29) is 0 Å². The van der Waals surface area contributed by atoms with Gasteiger partial charge in [-0.3, -0.25) is 0 Å². The fourth-order valence-corrected chi connectivity index (χ4v) is 9.79. The van der Waals surface area contributed by atoms with Crippen molar-refractivity contribution in [1.29, 1.82) is 0 Å². The van der Waals surface area contributed by atoms with Crippen molar-refractivity contribution in [3.63, 3.8) is 0 Å². The molecule has 0 saturated carbocycles. The molecule has 146 valence electrons. The summed E-state index contributed by atoms with van der Waals surface area (Å²) in [7, 11) is -1.78. The Morgan fingerprint density at radius 2 is 1.62 bits per heavy atom. The normalized spacial score (nSPS) is 16.9. The van der Waals surface area contributed by atoms with Gasteiger partial charge in [0.2, 0.25) is 0 Å². The van der Waals surface area contributed by atoms with E-state index in [4.69, 9.17) is 0 Å². The highest BCUT2D eigenvalue weighted by molar-refractivity contribution is 6.92. The van der Waals surface area contributed by atoms with E-state index in [2.05, 4.69) is 92.8 Å². The number of rotatable bonds is 5. The smallest absolute Gasteiger partial charge is 0.0654 e. The summed E-state index contributed by atoms with van der Waals surface area (Å²) in [6.07, 6.45) is 7.40. The molecule has 1 heteroatoms. The van der Waals surface area contributed by atoms with Crippen molar-refractivity contribution in [1.82, 2.24) is 0 Å². The van der Waals surface area contributed by atoms with Crippen LogP contribution in [0.3, 0.4) is 0 Å². The first-order valence-corrected chi connectivity index (χ1v) is 14.2. The van der Waals surface area contributed by atoms with Gasteiger partial charge in [0.15, 0.2) is 0 Å². The van der Waals surface area contributed by atoms with E-state index in [1.807, 2.05) is 0 Å². The minimum atomic E-state index is -1.78. The van der Waals surface area contributed by atoms with E-state index in [0.29, 0.717) is 5.54 Å². The van der Waals surface area contributed by atoms with Gasteiger partial charge >= 0.3 is 0 Å². The molecule has 0 radical (unpaired) electrons. The molecule has 0 aliphatic heterocycles. The average Bonchev–Trinajstić information content (AvgIpc) is 3.30. The van der Waals surface area contributed by atoms with Gasteiger partial charge in [-0.2, -0.15) is 0 Å². The Morgan fingerprint density at radius 1 is 0.862 bits per heavy atom. The van der Waals surface area contributed by atoms with Gasteiger partial charge in [0.1, 0.15) is 0 Å². The number of hydrogen-bond donors (Lipinski definition) is 0. The number of hydrogen-bond acceptors (Lipinski definition) is 0. The predicted molar refractivity (Wildman–Crippen MR) is 128 cm³/mol. The molecule has 2 aliphatic carbocycles. The SMILES string of the molecule is CCCCC1=Cc2ccccc2C1[Si](C)(C)c1cccc2c1Cc1ccccc1-2. The summed E-state index contributed by atoms with van der Waals surface area (Å²) in [5.41, 5.74) is 11.3. The number of fused-ring (bicyclic) bond motifs is 4. The van der Waals surface area contributed by atoms with E-state index in [1.165, 1.54) is 41.5 Å². The molecule has 0 spiro atoms. The van der Waals surface area contributed by atoms with Crippen molar-refractivity contribution in [2.45, 2.75) is 51.2 Å². The molecule has 0 heterocycles. The molecule has 0 aromatic heterocycles. The minimum absolute atomic E-state index is 0.598. The number of unbranched alkanes of at least 4 members (excludes halogenated alkanes) is 1. The monoisotopic (exact) mass is 394 g/mol. The van der Waals surface area contributed by atoms with Crippen molar-refractivity contribution in [3.05, 3.63) is 94.6 Å². The van der Waals surface area contributed by atoms with Gasteiger partial charge < -0.3 is 0 Å². The molecule has 1 atom stereocenters. The van der Waals surface area contributed by atoms with Crippen molar-refractivity contribution in [2.24, 2.45) is 0 Å². The third kappa shape index (κ3) is 2.95. The van der Waals surface area contributed by atoms with Gasteiger partial charge in [-0.1, -0.05) is 110 Å². The predicted octanol–water partition coefficient (Wildman–Crippen LogP) is 7.08. The second-order valence-electron chi connectivity index (χ2n) is 9.27. The fraction of sp³-hybridized carbons (Fsp3) is 0.286. The summed E-state index contributed by atoms with van der Waals surface area (Å²) >= 11 is 0. The Kier molecular flexibility index (Phi) is 4.59. The van der Waals surface area contributed by atoms with E-state index in [0.717, 1.165) is 6.42 Å². The highest BCUT2D eigenvalue weighted by atomic mass is 28.3. The van der Waals surface area contributed by atoms with E-state index < -0.39 is 8.07 Å². The molecule has 0 saturated heterocycles. The summed E-state index contributed by atoms with van der Waals surface area (Å²) < 4.78 is 0. The van der Waals surface area contributed by atoms with Crippen molar-refractivity contribution < 1.29 is 0 Å². The van der Waals surface area contributed by atoms with E-state index in [9.17, 15) is 0 Å². The summed E-state index contributed by atoms with van der Waals surface area (Å²) in [5.74, 6) is 0. The van der Waals surface area contributed by atoms with E-state index in [1.54, 1.807) is 21.9 Å². The highest BCUT2D eigenvalue weighted by Gasteiger charge is 2.42. The van der Waals surface area contributed by atoms with E-state index >= 15 is 0 Å². The summed E-state index contributed by atoms with van der Waals surface area (Å²) in [6.45, 7) is 7.53. The fourth-order valence-electron chi connectivity index (χ4n) is 5.75. The van der Waals surface area contributed by atoms with Gasteiger partial charge in [-0.25, -0.2) is 0 Å². The van der Waals surface area contributed by atoms with Crippen LogP contribution in [0.4, 0.5) is 0 Å². The topological polar surface area (TPSA) is 0 Å². The average molecular weight is 395 g/mol. The molecule has 5 rings (SSSR count). The Morgan fingerprint density at radius 3 is 2.48 bits per heavy atom. The maximum atomic E-state index is 2.61. The lowest BCUT2D eigenvalue weighted by Crippen LogP contribution is -2.49. The zero-order chi connectivity index (χ0) is 20.0. The lowest BCUT2D eigenvalue weighted by atomic mass is 10.1. The first kappa shape index (κ1) is 18.6. The maximum absolute atomic E-state index is 2.61. The highest BCUT2D eigenvalue weighted by Crippen LogP contribution is 2.45. The minimum Gasteiger partial charge on any atom is -0.0654 e. The molecule has 0 fully saturated rings. The Labute approximate surface area is 176 Å². The van der Waals surface area contributed by atoms with Crippen molar-refractivity contribution in [2.75, 3.05) is 0 Å². The largest absolute Gasteiger partial charge is 0.0927 e. The molecule has 1 unspecified atom stereocenters. The molecule has 0 amide bonds. The lowest BCUT2D eigenvalue weighted by Gasteiger charge is -2.35. The number of benzene rings is 3. The molecule has 3 aromatic carbocycles. The second kappa shape index (κ2) is 7.14. The molecule has 29 heavy (non-hydrogen) atoms. The Balaban J connectivity index is 1.62. The van der Waals surface area contributed by atoms with Crippen LogP contribution in [0.1, 0.15) is 54.0 Å². The van der Waals surface area contributed by atoms with Crippen molar-refractivity contribution in [3.8, 4) is 11.1 Å². The summed E-state index contributed by atoms with van der Waals surface area (Å²) in [4.78, 5) is 0.